The highest BCUT2D eigenvalue weighted by atomic mass is 32.2. The lowest BCUT2D eigenvalue weighted by Crippen LogP contribution is -2.28. The van der Waals surface area contributed by atoms with Crippen molar-refractivity contribution in [3.05, 3.63) is 59.7 Å². The number of rotatable bonds is 14. The zero-order chi connectivity index (χ0) is 26.7. The number of likely N-dealkylation sites (N-methyl/N-ethyl adjacent to an activating group) is 1. The Balaban J connectivity index is 1.50. The molecule has 2 aromatic rings. The smallest absolute Gasteiger partial charge is 0.338 e. The molecule has 1 aliphatic rings. The molecule has 202 valence electrons. The van der Waals surface area contributed by atoms with Gasteiger partial charge in [-0.15, -0.1) is 0 Å². The van der Waals surface area contributed by atoms with Crippen LogP contribution < -0.4 is 10.0 Å². The molecule has 0 aromatic heterocycles. The maximum atomic E-state index is 12.7. The Morgan fingerprint density at radius 3 is 2.38 bits per heavy atom. The van der Waals surface area contributed by atoms with Gasteiger partial charge in [0.25, 0.3) is 5.91 Å². The standard InChI is InChI=1S/C27H38N4O5S/c1-3-30(4-2)19-20-36-27(33)23-9-7-10-24(21-23)29-26(32)22-11-13-25(14-12-22)37(34,35)28-15-8-18-31-16-5-6-17-31/h7,9-14,21,28H,3-6,8,15-20H2,1-2H3,(H,29,32). The molecule has 0 atom stereocenters. The first-order chi connectivity index (χ1) is 17.8. The second-order valence-corrected chi connectivity index (χ2v) is 10.8. The number of anilines is 1. The summed E-state index contributed by atoms with van der Waals surface area (Å²) < 4.78 is 33.1. The molecule has 1 heterocycles. The van der Waals surface area contributed by atoms with Crippen molar-refractivity contribution in [1.29, 1.82) is 0 Å². The zero-order valence-corrected chi connectivity index (χ0v) is 22.6. The molecule has 1 saturated heterocycles. The van der Waals surface area contributed by atoms with Crippen molar-refractivity contribution < 1.29 is 22.7 Å². The van der Waals surface area contributed by atoms with Crippen LogP contribution in [-0.4, -0.2) is 82.5 Å². The molecular formula is C27H38N4O5S. The van der Waals surface area contributed by atoms with E-state index in [1.54, 1.807) is 24.3 Å². The minimum Gasteiger partial charge on any atom is -0.461 e. The third-order valence-corrected chi connectivity index (χ3v) is 7.94. The van der Waals surface area contributed by atoms with E-state index in [1.165, 1.54) is 37.1 Å². The van der Waals surface area contributed by atoms with Gasteiger partial charge in [-0.25, -0.2) is 17.9 Å². The van der Waals surface area contributed by atoms with Crippen molar-refractivity contribution in [2.24, 2.45) is 0 Å². The first-order valence-electron chi connectivity index (χ1n) is 13.0. The average Bonchev–Trinajstić information content (AvgIpc) is 3.43. The second kappa shape index (κ2) is 14.2. The Bertz CT molecular complexity index is 1130. The van der Waals surface area contributed by atoms with Crippen molar-refractivity contribution in [1.82, 2.24) is 14.5 Å². The normalized spacial score (nSPS) is 14.1. The van der Waals surface area contributed by atoms with Gasteiger partial charge in [0.1, 0.15) is 6.61 Å². The lowest BCUT2D eigenvalue weighted by Gasteiger charge is -2.17. The number of sulfonamides is 1. The van der Waals surface area contributed by atoms with Gasteiger partial charge in [-0.3, -0.25) is 4.79 Å². The molecule has 0 unspecified atom stereocenters. The summed E-state index contributed by atoms with van der Waals surface area (Å²) in [5.74, 6) is -0.861. The van der Waals surface area contributed by atoms with Gasteiger partial charge in [-0.2, -0.15) is 0 Å². The molecule has 2 N–H and O–H groups in total. The van der Waals surface area contributed by atoms with E-state index in [0.29, 0.717) is 36.5 Å². The summed E-state index contributed by atoms with van der Waals surface area (Å²) in [6.45, 7) is 10.3. The predicted octanol–water partition coefficient (Wildman–Crippen LogP) is 3.20. The predicted molar refractivity (Wildman–Crippen MR) is 144 cm³/mol. The number of carbonyl (C=O) groups excluding carboxylic acids is 2. The lowest BCUT2D eigenvalue weighted by atomic mass is 10.1. The summed E-state index contributed by atoms with van der Waals surface area (Å²) in [6.07, 6.45) is 3.17. The van der Waals surface area contributed by atoms with Crippen LogP contribution in [0.3, 0.4) is 0 Å². The molecule has 1 aliphatic heterocycles. The topological polar surface area (TPSA) is 108 Å². The van der Waals surface area contributed by atoms with Gasteiger partial charge in [-0.1, -0.05) is 19.9 Å². The van der Waals surface area contributed by atoms with Crippen LogP contribution >= 0.6 is 0 Å². The molecule has 37 heavy (non-hydrogen) atoms. The van der Waals surface area contributed by atoms with Crippen LogP contribution in [0.2, 0.25) is 0 Å². The third-order valence-electron chi connectivity index (χ3n) is 6.46. The molecule has 1 amide bonds. The molecule has 2 aromatic carbocycles. The number of nitrogens with zero attached hydrogens (tertiary/aromatic N) is 2. The van der Waals surface area contributed by atoms with E-state index in [9.17, 15) is 18.0 Å². The Morgan fingerprint density at radius 2 is 1.70 bits per heavy atom. The van der Waals surface area contributed by atoms with Crippen molar-refractivity contribution in [2.45, 2.75) is 38.0 Å². The Hall–Kier alpha value is -2.79. The minimum atomic E-state index is -3.64. The molecule has 0 saturated carbocycles. The first kappa shape index (κ1) is 28.8. The quantitative estimate of drug-likeness (QED) is 0.285. The van der Waals surface area contributed by atoms with Crippen LogP contribution in [-0.2, 0) is 14.8 Å². The van der Waals surface area contributed by atoms with Crippen molar-refractivity contribution in [3.8, 4) is 0 Å². The fourth-order valence-electron chi connectivity index (χ4n) is 4.20. The lowest BCUT2D eigenvalue weighted by molar-refractivity contribution is 0.0466. The average molecular weight is 531 g/mol. The first-order valence-corrected chi connectivity index (χ1v) is 14.4. The van der Waals surface area contributed by atoms with Gasteiger partial charge in [-0.05, 0) is 94.5 Å². The Labute approximate surface area is 220 Å². The molecule has 0 bridgehead atoms. The number of carbonyl (C=O) groups is 2. The molecule has 9 nitrogen and oxygen atoms in total. The number of benzene rings is 2. The largest absolute Gasteiger partial charge is 0.461 e. The highest BCUT2D eigenvalue weighted by Crippen LogP contribution is 2.16. The van der Waals surface area contributed by atoms with E-state index < -0.39 is 21.9 Å². The van der Waals surface area contributed by atoms with Crippen LogP contribution in [0.1, 0.15) is 53.8 Å². The molecule has 0 radical (unpaired) electrons. The van der Waals surface area contributed by atoms with Gasteiger partial charge in [0.15, 0.2) is 0 Å². The van der Waals surface area contributed by atoms with Crippen LogP contribution in [0.5, 0.6) is 0 Å². The summed E-state index contributed by atoms with van der Waals surface area (Å²) in [5.41, 5.74) is 1.09. The minimum absolute atomic E-state index is 0.111. The van der Waals surface area contributed by atoms with Gasteiger partial charge >= 0.3 is 5.97 Å². The number of amides is 1. The van der Waals surface area contributed by atoms with E-state index in [0.717, 1.165) is 39.1 Å². The highest BCUT2D eigenvalue weighted by molar-refractivity contribution is 7.89. The summed E-state index contributed by atoms with van der Waals surface area (Å²) >= 11 is 0. The summed E-state index contributed by atoms with van der Waals surface area (Å²) in [5, 5.41) is 2.75. The third kappa shape index (κ3) is 8.92. The number of ether oxygens (including phenoxy) is 1. The molecule has 1 fully saturated rings. The number of hydrogen-bond donors (Lipinski definition) is 2. The van der Waals surface area contributed by atoms with Gasteiger partial charge < -0.3 is 19.9 Å². The van der Waals surface area contributed by atoms with Crippen LogP contribution in [0.15, 0.2) is 53.4 Å². The molecule has 0 aliphatic carbocycles. The molecule has 10 heteroatoms. The fraction of sp³-hybridized carbons (Fsp3) is 0.481. The van der Waals surface area contributed by atoms with Crippen molar-refractivity contribution in [3.63, 3.8) is 0 Å². The zero-order valence-electron chi connectivity index (χ0n) is 21.7. The number of nitrogens with one attached hydrogen (secondary N) is 2. The SMILES string of the molecule is CCN(CC)CCOC(=O)c1cccc(NC(=O)c2ccc(S(=O)(=O)NCCCN3CCCC3)cc2)c1. The summed E-state index contributed by atoms with van der Waals surface area (Å²) in [7, 11) is -3.64. The second-order valence-electron chi connectivity index (χ2n) is 9.02. The van der Waals surface area contributed by atoms with Crippen LogP contribution in [0.4, 0.5) is 5.69 Å². The van der Waals surface area contributed by atoms with Gasteiger partial charge in [0.05, 0.1) is 10.5 Å². The van der Waals surface area contributed by atoms with Crippen molar-refractivity contribution >= 4 is 27.6 Å². The maximum Gasteiger partial charge on any atom is 0.338 e. The maximum absolute atomic E-state index is 12.7. The summed E-state index contributed by atoms with van der Waals surface area (Å²) in [4.78, 5) is 29.7. The molecule has 0 spiro atoms. The number of esters is 1. The molecular weight excluding hydrogens is 492 g/mol. The number of hydrogen-bond acceptors (Lipinski definition) is 7. The van der Waals surface area contributed by atoms with E-state index in [-0.39, 0.29) is 4.90 Å². The fourth-order valence-corrected chi connectivity index (χ4v) is 5.28. The van der Waals surface area contributed by atoms with Gasteiger partial charge in [0, 0.05) is 24.3 Å². The summed E-state index contributed by atoms with van der Waals surface area (Å²) in [6, 6.07) is 12.3. The van der Waals surface area contributed by atoms with Crippen LogP contribution in [0.25, 0.3) is 0 Å². The number of likely N-dealkylation sites (tertiary alicyclic amines) is 1. The van der Waals surface area contributed by atoms with Gasteiger partial charge in [0.2, 0.25) is 10.0 Å². The van der Waals surface area contributed by atoms with E-state index >= 15 is 0 Å². The Morgan fingerprint density at radius 1 is 1.00 bits per heavy atom. The molecule has 3 rings (SSSR count). The van der Waals surface area contributed by atoms with Crippen molar-refractivity contribution in [2.75, 3.05) is 57.7 Å². The monoisotopic (exact) mass is 530 g/mol. The van der Waals surface area contributed by atoms with E-state index in [2.05, 4.69) is 33.7 Å². The Kier molecular flexibility index (Phi) is 11.1. The van der Waals surface area contributed by atoms with E-state index in [4.69, 9.17) is 4.74 Å². The highest BCUT2D eigenvalue weighted by Gasteiger charge is 2.16. The van der Waals surface area contributed by atoms with Crippen LogP contribution in [0, 0.1) is 0 Å². The van der Waals surface area contributed by atoms with E-state index in [1.807, 2.05) is 0 Å².